The molecule has 0 fully saturated rings. The molecule has 0 amide bonds. The third kappa shape index (κ3) is 4.16. The second kappa shape index (κ2) is 6.85. The van der Waals surface area contributed by atoms with E-state index in [0.29, 0.717) is 30.0 Å². The normalized spacial score (nSPS) is 12.2. The van der Waals surface area contributed by atoms with Crippen molar-refractivity contribution < 1.29 is 18.7 Å². The van der Waals surface area contributed by atoms with Gasteiger partial charge in [0.2, 0.25) is 0 Å². The molecule has 0 aromatic carbocycles. The van der Waals surface area contributed by atoms with Gasteiger partial charge in [-0.25, -0.2) is 0 Å². The van der Waals surface area contributed by atoms with E-state index < -0.39 is 7.60 Å². The molecular weight excluding hydrogens is 265 g/mol. The van der Waals surface area contributed by atoms with E-state index in [1.54, 1.807) is 40.0 Å². The Kier molecular flexibility index (Phi) is 5.73. The quantitative estimate of drug-likeness (QED) is 0.808. The molecule has 106 valence electrons. The first-order valence-corrected chi connectivity index (χ1v) is 7.78. The Morgan fingerprint density at radius 2 is 1.89 bits per heavy atom. The molecule has 1 heterocycles. The molecular formula is C13H20NO4P. The van der Waals surface area contributed by atoms with Crippen molar-refractivity contribution in [3.05, 3.63) is 28.8 Å². The largest absolute Gasteiger partial charge is 0.506 e. The van der Waals surface area contributed by atoms with Gasteiger partial charge in [0.1, 0.15) is 5.75 Å². The van der Waals surface area contributed by atoms with Gasteiger partial charge in [-0.05, 0) is 39.3 Å². The maximum absolute atomic E-state index is 12.2. The fraction of sp³-hybridized carbons (Fsp3) is 0.462. The first-order valence-electron chi connectivity index (χ1n) is 6.16. The maximum Gasteiger partial charge on any atom is 0.354 e. The molecule has 19 heavy (non-hydrogen) atoms. The summed E-state index contributed by atoms with van der Waals surface area (Å²) in [6, 6.07) is 0. The number of rotatable bonds is 6. The van der Waals surface area contributed by atoms with Crippen LogP contribution in [0.4, 0.5) is 0 Å². The average molecular weight is 285 g/mol. The van der Waals surface area contributed by atoms with Crippen LogP contribution in [0.15, 0.2) is 12.0 Å². The van der Waals surface area contributed by atoms with Crippen LogP contribution in [0.3, 0.4) is 0 Å². The molecule has 0 atom stereocenters. The predicted molar refractivity (Wildman–Crippen MR) is 75.3 cm³/mol. The smallest absolute Gasteiger partial charge is 0.354 e. The van der Waals surface area contributed by atoms with Gasteiger partial charge in [0.05, 0.1) is 18.9 Å². The highest BCUT2D eigenvalue weighted by atomic mass is 31.2. The summed E-state index contributed by atoms with van der Waals surface area (Å²) in [6.45, 7) is 7.61. The average Bonchev–Trinajstić information content (AvgIpc) is 2.36. The highest BCUT2D eigenvalue weighted by Crippen LogP contribution is 2.50. The first-order chi connectivity index (χ1) is 8.93. The summed E-state index contributed by atoms with van der Waals surface area (Å²) in [5.41, 5.74) is 1.93. The van der Waals surface area contributed by atoms with Crippen LogP contribution >= 0.6 is 7.60 Å². The topological polar surface area (TPSA) is 68.7 Å². The number of hydrogen-bond acceptors (Lipinski definition) is 5. The highest BCUT2D eigenvalue weighted by Gasteiger charge is 2.19. The lowest BCUT2D eigenvalue weighted by atomic mass is 10.1. The van der Waals surface area contributed by atoms with E-state index in [-0.39, 0.29) is 5.75 Å². The van der Waals surface area contributed by atoms with E-state index in [1.165, 1.54) is 5.82 Å². The van der Waals surface area contributed by atoms with Crippen molar-refractivity contribution in [1.82, 2.24) is 4.98 Å². The summed E-state index contributed by atoms with van der Waals surface area (Å²) >= 11 is 0. The van der Waals surface area contributed by atoms with Crippen molar-refractivity contribution in [1.29, 1.82) is 0 Å². The van der Waals surface area contributed by atoms with Gasteiger partial charge < -0.3 is 14.2 Å². The fourth-order valence-electron chi connectivity index (χ4n) is 1.56. The molecule has 0 bridgehead atoms. The van der Waals surface area contributed by atoms with Gasteiger partial charge in [-0.1, -0.05) is 0 Å². The summed E-state index contributed by atoms with van der Waals surface area (Å²) in [5, 5.41) is 9.80. The molecule has 0 aliphatic heterocycles. The Morgan fingerprint density at radius 3 is 2.42 bits per heavy atom. The number of aryl methyl sites for hydroxylation is 1. The Hall–Kier alpha value is -1.16. The monoisotopic (exact) mass is 285 g/mol. The van der Waals surface area contributed by atoms with Crippen molar-refractivity contribution >= 4 is 13.7 Å². The summed E-state index contributed by atoms with van der Waals surface area (Å²) in [7, 11) is -3.22. The van der Waals surface area contributed by atoms with Crippen molar-refractivity contribution in [2.45, 2.75) is 27.7 Å². The highest BCUT2D eigenvalue weighted by molar-refractivity contribution is 7.57. The minimum atomic E-state index is -3.22. The molecule has 0 spiro atoms. The molecule has 0 unspecified atom stereocenters. The van der Waals surface area contributed by atoms with Crippen LogP contribution in [0, 0.1) is 13.8 Å². The van der Waals surface area contributed by atoms with Crippen LogP contribution in [0.2, 0.25) is 0 Å². The second-order valence-corrected chi connectivity index (χ2v) is 5.86. The molecule has 6 heteroatoms. The molecule has 1 rings (SSSR count). The lowest BCUT2D eigenvalue weighted by molar-refractivity contribution is 0.229. The molecule has 5 nitrogen and oxygen atoms in total. The molecule has 0 saturated heterocycles. The van der Waals surface area contributed by atoms with Crippen molar-refractivity contribution in [3.63, 3.8) is 0 Å². The lowest BCUT2D eigenvalue weighted by Crippen LogP contribution is -1.93. The van der Waals surface area contributed by atoms with Crippen molar-refractivity contribution in [3.8, 4) is 5.75 Å². The Bertz CT molecular complexity index is 504. The lowest BCUT2D eigenvalue weighted by Gasteiger charge is -2.13. The van der Waals surface area contributed by atoms with E-state index in [1.807, 2.05) is 0 Å². The summed E-state index contributed by atoms with van der Waals surface area (Å²) in [5.74, 6) is 1.54. The SMILES string of the molecule is CCOP(=O)(C=Cc1cnc(C)c(O)c1C)OCC. The Balaban J connectivity index is 3.03. The van der Waals surface area contributed by atoms with Crippen LogP contribution in [0.1, 0.15) is 30.7 Å². The van der Waals surface area contributed by atoms with Crippen molar-refractivity contribution in [2.24, 2.45) is 0 Å². The fourth-order valence-corrected chi connectivity index (χ4v) is 2.86. The summed E-state index contributed by atoms with van der Waals surface area (Å²) in [6.07, 6.45) is 3.22. The first kappa shape index (κ1) is 15.9. The number of aromatic hydroxyl groups is 1. The summed E-state index contributed by atoms with van der Waals surface area (Å²) in [4.78, 5) is 4.06. The molecule has 0 saturated carbocycles. The van der Waals surface area contributed by atoms with Gasteiger partial charge in [-0.15, -0.1) is 0 Å². The third-order valence-corrected chi connectivity index (χ3v) is 4.33. The maximum atomic E-state index is 12.2. The molecule has 1 aromatic heterocycles. The molecule has 0 aliphatic rings. The van der Waals surface area contributed by atoms with Gasteiger partial charge in [-0.3, -0.25) is 9.55 Å². The standard InChI is InChI=1S/C13H20NO4P/c1-5-17-19(16,18-6-2)8-7-12-9-14-11(4)13(15)10(12)3/h7-9,15H,5-6H2,1-4H3. The number of nitrogens with zero attached hydrogens (tertiary/aromatic N) is 1. The number of pyridine rings is 1. The zero-order valence-corrected chi connectivity index (χ0v) is 12.6. The van der Waals surface area contributed by atoms with Gasteiger partial charge in [0.15, 0.2) is 0 Å². The van der Waals surface area contributed by atoms with Gasteiger partial charge in [0, 0.05) is 17.6 Å². The second-order valence-electron chi connectivity index (χ2n) is 3.96. The van der Waals surface area contributed by atoms with Crippen LogP contribution in [-0.4, -0.2) is 23.3 Å². The zero-order chi connectivity index (χ0) is 14.5. The van der Waals surface area contributed by atoms with Gasteiger partial charge >= 0.3 is 7.60 Å². The van der Waals surface area contributed by atoms with Crippen LogP contribution < -0.4 is 0 Å². The minimum Gasteiger partial charge on any atom is -0.506 e. The molecule has 0 radical (unpaired) electrons. The predicted octanol–water partition coefficient (Wildman–Crippen LogP) is 3.64. The van der Waals surface area contributed by atoms with Gasteiger partial charge in [-0.2, -0.15) is 0 Å². The van der Waals surface area contributed by atoms with Gasteiger partial charge in [0.25, 0.3) is 0 Å². The Morgan fingerprint density at radius 1 is 1.32 bits per heavy atom. The van der Waals surface area contributed by atoms with E-state index in [4.69, 9.17) is 9.05 Å². The molecule has 0 aliphatic carbocycles. The third-order valence-electron chi connectivity index (χ3n) is 2.58. The van der Waals surface area contributed by atoms with Crippen LogP contribution in [0.25, 0.3) is 6.08 Å². The van der Waals surface area contributed by atoms with Crippen LogP contribution in [0.5, 0.6) is 5.75 Å². The minimum absolute atomic E-state index is 0.143. The molecule has 1 N–H and O–H groups in total. The Labute approximate surface area is 113 Å². The van der Waals surface area contributed by atoms with E-state index >= 15 is 0 Å². The summed E-state index contributed by atoms with van der Waals surface area (Å²) < 4.78 is 22.5. The van der Waals surface area contributed by atoms with E-state index in [0.717, 1.165) is 0 Å². The molecule has 1 aromatic rings. The van der Waals surface area contributed by atoms with Crippen molar-refractivity contribution in [2.75, 3.05) is 13.2 Å². The van der Waals surface area contributed by atoms with Crippen LogP contribution in [-0.2, 0) is 13.6 Å². The van der Waals surface area contributed by atoms with E-state index in [2.05, 4.69) is 4.98 Å². The number of hydrogen-bond donors (Lipinski definition) is 1. The zero-order valence-electron chi connectivity index (χ0n) is 11.7. The number of aromatic nitrogens is 1. The van der Waals surface area contributed by atoms with E-state index in [9.17, 15) is 9.67 Å².